The molecule has 0 spiro atoms. The van der Waals surface area contributed by atoms with E-state index in [9.17, 15) is 4.39 Å². The van der Waals surface area contributed by atoms with Crippen molar-refractivity contribution in [1.82, 2.24) is 25.4 Å². The Morgan fingerprint density at radius 2 is 1.79 bits per heavy atom. The highest BCUT2D eigenvalue weighted by Crippen LogP contribution is 2.24. The molecule has 176 valence electrons. The van der Waals surface area contributed by atoms with Gasteiger partial charge in [0.05, 0.1) is 6.54 Å². The molecule has 0 atom stereocenters. The molecule has 0 bridgehead atoms. The van der Waals surface area contributed by atoms with Gasteiger partial charge < -0.3 is 10.6 Å². The number of aromatic nitrogens is 3. The minimum absolute atomic E-state index is 0. The molecule has 0 aliphatic carbocycles. The van der Waals surface area contributed by atoms with Crippen LogP contribution in [0.5, 0.6) is 0 Å². The molecule has 0 fully saturated rings. The Morgan fingerprint density at radius 1 is 0.971 bits per heavy atom. The number of guanidine groups is 1. The van der Waals surface area contributed by atoms with Crippen molar-refractivity contribution >= 4 is 29.9 Å². The molecule has 0 amide bonds. The fraction of sp³-hybridized carbons (Fsp3) is 0.192. The minimum Gasteiger partial charge on any atom is -0.356 e. The highest BCUT2D eigenvalue weighted by Gasteiger charge is 2.07. The molecule has 4 rings (SSSR count). The molecular formula is C26H28FIN6. The molecular weight excluding hydrogens is 542 g/mol. The predicted molar refractivity (Wildman–Crippen MR) is 145 cm³/mol. The van der Waals surface area contributed by atoms with Crippen molar-refractivity contribution in [2.45, 2.75) is 19.5 Å². The fourth-order valence-corrected chi connectivity index (χ4v) is 3.66. The van der Waals surface area contributed by atoms with Crippen LogP contribution in [0.15, 0.2) is 90.4 Å². The lowest BCUT2D eigenvalue weighted by Gasteiger charge is -2.15. The van der Waals surface area contributed by atoms with E-state index in [-0.39, 0.29) is 29.8 Å². The van der Waals surface area contributed by atoms with Crippen molar-refractivity contribution in [2.24, 2.45) is 4.99 Å². The number of benzene rings is 3. The number of nitrogens with one attached hydrogen (secondary N) is 2. The van der Waals surface area contributed by atoms with Crippen molar-refractivity contribution < 1.29 is 4.39 Å². The summed E-state index contributed by atoms with van der Waals surface area (Å²) < 4.78 is 15.2. The minimum atomic E-state index is -0.210. The van der Waals surface area contributed by atoms with Crippen molar-refractivity contribution in [3.8, 4) is 11.1 Å². The molecule has 4 aromatic rings. The summed E-state index contributed by atoms with van der Waals surface area (Å²) in [6.07, 6.45) is 3.98. The Bertz CT molecular complexity index is 1190. The maximum Gasteiger partial charge on any atom is 0.191 e. The summed E-state index contributed by atoms with van der Waals surface area (Å²) in [6, 6.07) is 23.5. The van der Waals surface area contributed by atoms with Gasteiger partial charge in [-0.25, -0.2) is 14.1 Å². The van der Waals surface area contributed by atoms with Crippen molar-refractivity contribution in [3.05, 3.63) is 108 Å². The van der Waals surface area contributed by atoms with Gasteiger partial charge in [0.25, 0.3) is 0 Å². The number of halogens is 2. The topological polar surface area (TPSA) is 67.1 Å². The van der Waals surface area contributed by atoms with E-state index in [0.717, 1.165) is 17.5 Å². The van der Waals surface area contributed by atoms with Gasteiger partial charge in [-0.1, -0.05) is 60.7 Å². The first-order valence-corrected chi connectivity index (χ1v) is 10.9. The maximum atomic E-state index is 13.3. The van der Waals surface area contributed by atoms with Gasteiger partial charge >= 0.3 is 0 Å². The molecule has 0 saturated carbocycles. The van der Waals surface area contributed by atoms with Crippen LogP contribution in [0.1, 0.15) is 16.7 Å². The first kappa shape index (κ1) is 25.4. The second-order valence-electron chi connectivity index (χ2n) is 7.68. The van der Waals surface area contributed by atoms with Gasteiger partial charge in [-0.15, -0.1) is 24.0 Å². The average Bonchev–Trinajstić information content (AvgIpc) is 3.35. The molecule has 1 heterocycles. The Morgan fingerprint density at radius 3 is 2.53 bits per heavy atom. The van der Waals surface area contributed by atoms with Crippen LogP contribution in [0, 0.1) is 5.82 Å². The Kier molecular flexibility index (Phi) is 9.57. The molecule has 0 unspecified atom stereocenters. The molecule has 3 aromatic carbocycles. The molecule has 34 heavy (non-hydrogen) atoms. The lowest BCUT2D eigenvalue weighted by Crippen LogP contribution is -2.37. The summed E-state index contributed by atoms with van der Waals surface area (Å²) in [5.41, 5.74) is 5.63. The Labute approximate surface area is 216 Å². The number of hydrogen-bond acceptors (Lipinski definition) is 3. The fourth-order valence-electron chi connectivity index (χ4n) is 3.66. The molecule has 0 aliphatic heterocycles. The van der Waals surface area contributed by atoms with Crippen LogP contribution in [0.25, 0.3) is 11.1 Å². The van der Waals surface area contributed by atoms with Crippen molar-refractivity contribution in [1.29, 1.82) is 0 Å². The van der Waals surface area contributed by atoms with Crippen LogP contribution in [-0.4, -0.2) is 34.3 Å². The summed E-state index contributed by atoms with van der Waals surface area (Å²) >= 11 is 0. The van der Waals surface area contributed by atoms with E-state index < -0.39 is 0 Å². The van der Waals surface area contributed by atoms with Crippen LogP contribution in [0.3, 0.4) is 0 Å². The second kappa shape index (κ2) is 12.8. The zero-order valence-corrected chi connectivity index (χ0v) is 21.3. The van der Waals surface area contributed by atoms with E-state index in [2.05, 4.69) is 62.1 Å². The second-order valence-corrected chi connectivity index (χ2v) is 7.68. The molecule has 0 radical (unpaired) electrons. The number of nitrogens with zero attached hydrogens (tertiary/aromatic N) is 4. The molecule has 0 aliphatic rings. The van der Waals surface area contributed by atoms with Crippen LogP contribution in [0.2, 0.25) is 0 Å². The normalized spacial score (nSPS) is 11.1. The molecule has 0 saturated heterocycles. The maximum absolute atomic E-state index is 13.3. The SMILES string of the molecule is CN=C(NCCc1cccc(F)c1)NCc1ccccc1-c1ccc(Cn2cncn2)cc1.I. The summed E-state index contributed by atoms with van der Waals surface area (Å²) in [7, 11) is 1.75. The third-order valence-corrected chi connectivity index (χ3v) is 5.36. The predicted octanol–water partition coefficient (Wildman–Crippen LogP) is 4.66. The van der Waals surface area contributed by atoms with Crippen LogP contribution in [-0.2, 0) is 19.5 Å². The van der Waals surface area contributed by atoms with Crippen LogP contribution >= 0.6 is 24.0 Å². The van der Waals surface area contributed by atoms with Gasteiger partial charge in [-0.2, -0.15) is 5.10 Å². The third kappa shape index (κ3) is 7.11. The van der Waals surface area contributed by atoms with Gasteiger partial charge in [-0.3, -0.25) is 4.99 Å². The zero-order chi connectivity index (χ0) is 22.9. The smallest absolute Gasteiger partial charge is 0.191 e. The van der Waals surface area contributed by atoms with E-state index in [1.54, 1.807) is 36.5 Å². The molecule has 8 heteroatoms. The number of rotatable bonds is 8. The van der Waals surface area contributed by atoms with Gasteiger partial charge in [0.2, 0.25) is 0 Å². The van der Waals surface area contributed by atoms with E-state index >= 15 is 0 Å². The van der Waals surface area contributed by atoms with Gasteiger partial charge in [0.15, 0.2) is 5.96 Å². The van der Waals surface area contributed by atoms with E-state index in [1.807, 2.05) is 18.2 Å². The quantitative estimate of drug-likeness (QED) is 0.184. The largest absolute Gasteiger partial charge is 0.356 e. The highest BCUT2D eigenvalue weighted by molar-refractivity contribution is 14.0. The van der Waals surface area contributed by atoms with Crippen molar-refractivity contribution in [3.63, 3.8) is 0 Å². The Hall–Kier alpha value is -3.27. The Balaban J connectivity index is 0.00000324. The van der Waals surface area contributed by atoms with Gasteiger partial charge in [-0.05, 0) is 46.4 Å². The summed E-state index contributed by atoms with van der Waals surface area (Å²) in [5, 5.41) is 10.8. The van der Waals surface area contributed by atoms with E-state index in [4.69, 9.17) is 0 Å². The highest BCUT2D eigenvalue weighted by atomic mass is 127. The first-order valence-electron chi connectivity index (χ1n) is 10.9. The monoisotopic (exact) mass is 570 g/mol. The molecule has 1 aromatic heterocycles. The van der Waals surface area contributed by atoms with Gasteiger partial charge in [0, 0.05) is 20.1 Å². The van der Waals surface area contributed by atoms with E-state index in [1.165, 1.54) is 22.8 Å². The first-order chi connectivity index (χ1) is 16.2. The lowest BCUT2D eigenvalue weighted by molar-refractivity contribution is 0.625. The van der Waals surface area contributed by atoms with Gasteiger partial charge in [0.1, 0.15) is 18.5 Å². The van der Waals surface area contributed by atoms with Crippen LogP contribution in [0.4, 0.5) is 4.39 Å². The van der Waals surface area contributed by atoms with Crippen LogP contribution < -0.4 is 10.6 Å². The lowest BCUT2D eigenvalue weighted by atomic mass is 9.98. The molecule has 2 N–H and O–H groups in total. The zero-order valence-electron chi connectivity index (χ0n) is 19.0. The average molecular weight is 570 g/mol. The number of aliphatic imine (C=N–C) groups is 1. The molecule has 6 nitrogen and oxygen atoms in total. The number of hydrogen-bond donors (Lipinski definition) is 2. The summed E-state index contributed by atoms with van der Waals surface area (Å²) in [5.74, 6) is 0.502. The third-order valence-electron chi connectivity index (χ3n) is 5.36. The van der Waals surface area contributed by atoms with E-state index in [0.29, 0.717) is 25.6 Å². The summed E-state index contributed by atoms with van der Waals surface area (Å²) in [6.45, 7) is 2.00. The standard InChI is InChI=1S/C26H27FN6.HI/c1-28-26(30-14-13-20-5-4-7-24(27)15-20)31-16-23-6-2-3-8-25(23)22-11-9-21(10-12-22)17-33-19-29-18-32-33;/h2-12,15,18-19H,13-14,16-17H2,1H3,(H2,28,30,31);1H. The summed E-state index contributed by atoms with van der Waals surface area (Å²) in [4.78, 5) is 8.30. The van der Waals surface area contributed by atoms with Crippen molar-refractivity contribution in [2.75, 3.05) is 13.6 Å².